The molecule has 0 aliphatic rings. The van der Waals surface area contributed by atoms with Gasteiger partial charge in [0.15, 0.2) is 9.84 Å². The van der Waals surface area contributed by atoms with Crippen LogP contribution in [-0.4, -0.2) is 31.1 Å². The molecule has 0 saturated carbocycles. The Labute approximate surface area is 105 Å². The monoisotopic (exact) mass is 280 g/mol. The Morgan fingerprint density at radius 2 is 2.06 bits per heavy atom. The van der Waals surface area contributed by atoms with E-state index in [-0.39, 0.29) is 12.0 Å². The van der Waals surface area contributed by atoms with Gasteiger partial charge in [0.05, 0.1) is 11.4 Å². The first-order chi connectivity index (χ1) is 7.71. The molecule has 0 fully saturated rings. The van der Waals surface area contributed by atoms with Crippen LogP contribution < -0.4 is 0 Å². The molecule has 0 spiro atoms. The largest absolute Gasteiger partial charge is 0.391 e. The van der Waals surface area contributed by atoms with Crippen molar-refractivity contribution in [3.63, 3.8) is 0 Å². The highest BCUT2D eigenvalue weighted by Gasteiger charge is 2.25. The third-order valence-electron chi connectivity index (χ3n) is 2.65. The average molecular weight is 281 g/mol. The number of hydrogen-bond acceptors (Lipinski definition) is 3. The van der Waals surface area contributed by atoms with Gasteiger partial charge in [-0.15, -0.1) is 0 Å². The summed E-state index contributed by atoms with van der Waals surface area (Å²) in [5.41, 5.74) is 0.209. The van der Waals surface area contributed by atoms with Crippen molar-refractivity contribution in [2.45, 2.75) is 24.7 Å². The fourth-order valence-corrected chi connectivity index (χ4v) is 2.24. The van der Waals surface area contributed by atoms with Crippen molar-refractivity contribution in [2.24, 2.45) is 0 Å². The predicted octanol–water partition coefficient (Wildman–Crippen LogP) is 1.82. The first-order valence-electron chi connectivity index (χ1n) is 5.02. The lowest BCUT2D eigenvalue weighted by Gasteiger charge is -2.17. The predicted molar refractivity (Wildman–Crippen MR) is 65.4 cm³/mol. The van der Waals surface area contributed by atoms with Crippen molar-refractivity contribution in [1.29, 1.82) is 0 Å². The highest BCUT2D eigenvalue weighted by atomic mass is 35.5. The van der Waals surface area contributed by atoms with Crippen LogP contribution in [0.3, 0.4) is 0 Å². The first-order valence-corrected chi connectivity index (χ1v) is 7.36. The van der Waals surface area contributed by atoms with Crippen LogP contribution in [0.25, 0.3) is 0 Å². The van der Waals surface area contributed by atoms with E-state index in [0.717, 1.165) is 6.26 Å². The number of sulfone groups is 1. The van der Waals surface area contributed by atoms with Crippen molar-refractivity contribution in [2.75, 3.05) is 6.26 Å². The summed E-state index contributed by atoms with van der Waals surface area (Å²) in [4.78, 5) is 0. The molecule has 1 rings (SSSR count). The van der Waals surface area contributed by atoms with E-state index in [1.165, 1.54) is 25.1 Å². The van der Waals surface area contributed by atoms with Gasteiger partial charge in [0.2, 0.25) is 0 Å². The Kier molecular flexibility index (Phi) is 4.52. The van der Waals surface area contributed by atoms with Gasteiger partial charge in [-0.25, -0.2) is 12.8 Å². The fraction of sp³-hybridized carbons (Fsp3) is 0.455. The zero-order chi connectivity index (χ0) is 13.2. The van der Waals surface area contributed by atoms with Gasteiger partial charge in [0.25, 0.3) is 0 Å². The molecule has 0 amide bonds. The number of aliphatic hydroxyl groups is 1. The van der Waals surface area contributed by atoms with Crippen molar-refractivity contribution in [3.8, 4) is 0 Å². The summed E-state index contributed by atoms with van der Waals surface area (Å²) < 4.78 is 35.8. The molecule has 0 aliphatic carbocycles. The standard InChI is InChI=1S/C11H14ClFO3S/c1-7(17(2,15)16)11(14)6-8-5-9(12)3-4-10(8)13/h3-5,7,11,14H,6H2,1-2H3. The second-order valence-corrected chi connectivity index (χ2v) is 6.88. The van der Waals surface area contributed by atoms with E-state index in [1.54, 1.807) is 0 Å². The van der Waals surface area contributed by atoms with E-state index >= 15 is 0 Å². The average Bonchev–Trinajstić information content (AvgIpc) is 2.21. The van der Waals surface area contributed by atoms with Gasteiger partial charge < -0.3 is 5.11 Å². The highest BCUT2D eigenvalue weighted by molar-refractivity contribution is 7.91. The Morgan fingerprint density at radius 3 is 2.59 bits per heavy atom. The summed E-state index contributed by atoms with van der Waals surface area (Å²) in [6, 6.07) is 3.97. The molecule has 17 heavy (non-hydrogen) atoms. The Balaban J connectivity index is 2.88. The van der Waals surface area contributed by atoms with E-state index in [4.69, 9.17) is 11.6 Å². The van der Waals surface area contributed by atoms with Gasteiger partial charge in [-0.05, 0) is 30.7 Å². The first kappa shape index (κ1) is 14.4. The maximum absolute atomic E-state index is 13.4. The quantitative estimate of drug-likeness (QED) is 0.915. The third-order valence-corrected chi connectivity index (χ3v) is 4.55. The number of aliphatic hydroxyl groups excluding tert-OH is 1. The zero-order valence-corrected chi connectivity index (χ0v) is 11.1. The second kappa shape index (κ2) is 5.33. The minimum absolute atomic E-state index is 0.0827. The number of hydrogen-bond donors (Lipinski definition) is 1. The third kappa shape index (κ3) is 3.94. The molecule has 0 aromatic heterocycles. The fourth-order valence-electron chi connectivity index (χ4n) is 1.38. The van der Waals surface area contributed by atoms with Crippen LogP contribution >= 0.6 is 11.6 Å². The molecule has 96 valence electrons. The van der Waals surface area contributed by atoms with Crippen molar-refractivity contribution in [3.05, 3.63) is 34.6 Å². The van der Waals surface area contributed by atoms with Crippen LogP contribution in [-0.2, 0) is 16.3 Å². The minimum atomic E-state index is -3.35. The number of benzene rings is 1. The van der Waals surface area contributed by atoms with E-state index in [9.17, 15) is 17.9 Å². The lowest BCUT2D eigenvalue weighted by molar-refractivity contribution is 0.172. The molecule has 0 radical (unpaired) electrons. The molecule has 3 nitrogen and oxygen atoms in total. The molecule has 1 aromatic rings. The van der Waals surface area contributed by atoms with Gasteiger partial charge in [-0.1, -0.05) is 11.6 Å². The molecule has 2 atom stereocenters. The van der Waals surface area contributed by atoms with Gasteiger partial charge in [0.1, 0.15) is 5.82 Å². The van der Waals surface area contributed by atoms with Crippen LogP contribution in [0.2, 0.25) is 5.02 Å². The van der Waals surface area contributed by atoms with Gasteiger partial charge >= 0.3 is 0 Å². The molecule has 2 unspecified atom stereocenters. The van der Waals surface area contributed by atoms with Gasteiger partial charge in [-0.2, -0.15) is 0 Å². The summed E-state index contributed by atoms with van der Waals surface area (Å²) in [6.45, 7) is 1.39. The summed E-state index contributed by atoms with van der Waals surface area (Å²) in [5.74, 6) is -0.505. The van der Waals surface area contributed by atoms with Crippen molar-refractivity contribution >= 4 is 21.4 Å². The SMILES string of the molecule is CC(C(O)Cc1cc(Cl)ccc1F)S(C)(=O)=O. The molecular weight excluding hydrogens is 267 g/mol. The molecular formula is C11H14ClFO3S. The summed E-state index contributed by atoms with van der Waals surface area (Å²) in [5, 5.41) is 9.14. The number of rotatable bonds is 4. The van der Waals surface area contributed by atoms with E-state index in [2.05, 4.69) is 0 Å². The number of halogens is 2. The second-order valence-electron chi connectivity index (χ2n) is 4.04. The normalized spacial score (nSPS) is 15.6. The Bertz CT molecular complexity index is 501. The van der Waals surface area contributed by atoms with Crippen LogP contribution in [0.4, 0.5) is 4.39 Å². The van der Waals surface area contributed by atoms with Crippen molar-refractivity contribution in [1.82, 2.24) is 0 Å². The zero-order valence-electron chi connectivity index (χ0n) is 9.52. The maximum Gasteiger partial charge on any atom is 0.152 e. The van der Waals surface area contributed by atoms with E-state index < -0.39 is 27.0 Å². The molecule has 1 N–H and O–H groups in total. The lowest BCUT2D eigenvalue weighted by atomic mass is 10.1. The van der Waals surface area contributed by atoms with Crippen molar-refractivity contribution < 1.29 is 17.9 Å². The maximum atomic E-state index is 13.4. The van der Waals surface area contributed by atoms with Crippen LogP contribution in [0.15, 0.2) is 18.2 Å². The summed E-state index contributed by atoms with van der Waals surface area (Å²) in [6.07, 6.45) is -0.200. The molecule has 0 aliphatic heterocycles. The Hall–Kier alpha value is -0.650. The Morgan fingerprint density at radius 1 is 1.47 bits per heavy atom. The van der Waals surface area contributed by atoms with E-state index in [1.807, 2.05) is 0 Å². The van der Waals surface area contributed by atoms with E-state index in [0.29, 0.717) is 5.02 Å². The van der Waals surface area contributed by atoms with Gasteiger partial charge in [0, 0.05) is 17.7 Å². The van der Waals surface area contributed by atoms with Crippen LogP contribution in [0.1, 0.15) is 12.5 Å². The van der Waals surface area contributed by atoms with Crippen LogP contribution in [0, 0.1) is 5.82 Å². The lowest BCUT2D eigenvalue weighted by Crippen LogP contribution is -2.32. The summed E-state index contributed by atoms with van der Waals surface area (Å²) in [7, 11) is -3.35. The smallest absolute Gasteiger partial charge is 0.152 e. The molecule has 0 bridgehead atoms. The minimum Gasteiger partial charge on any atom is -0.391 e. The highest BCUT2D eigenvalue weighted by Crippen LogP contribution is 2.18. The molecule has 0 heterocycles. The molecule has 6 heteroatoms. The van der Waals surface area contributed by atoms with Crippen LogP contribution in [0.5, 0.6) is 0 Å². The summed E-state index contributed by atoms with van der Waals surface area (Å²) >= 11 is 5.70. The topological polar surface area (TPSA) is 54.4 Å². The molecule has 1 aromatic carbocycles. The van der Waals surface area contributed by atoms with Gasteiger partial charge in [-0.3, -0.25) is 0 Å². The molecule has 0 saturated heterocycles.